The fourth-order valence-electron chi connectivity index (χ4n) is 2.45. The molecule has 3 nitrogen and oxygen atoms in total. The van der Waals surface area contributed by atoms with Gasteiger partial charge in [0, 0.05) is 20.1 Å². The van der Waals surface area contributed by atoms with Gasteiger partial charge in [-0.2, -0.15) is 0 Å². The lowest BCUT2D eigenvalue weighted by atomic mass is 9.99. The van der Waals surface area contributed by atoms with Gasteiger partial charge in [0.2, 0.25) is 5.91 Å². The molecule has 1 amide bonds. The van der Waals surface area contributed by atoms with Gasteiger partial charge in [0.15, 0.2) is 0 Å². The molecular weight excluding hydrogens is 200 g/mol. The largest absolute Gasteiger partial charge is 0.347 e. The monoisotopic (exact) mass is 226 g/mol. The molecule has 94 valence electrons. The van der Waals surface area contributed by atoms with Crippen LogP contribution in [0.4, 0.5) is 0 Å². The Labute approximate surface area is 99.6 Å². The third-order valence-corrected chi connectivity index (χ3v) is 3.63. The van der Waals surface area contributed by atoms with Crippen LogP contribution in [0.1, 0.15) is 40.0 Å². The quantitative estimate of drug-likeness (QED) is 0.794. The average molecular weight is 226 g/mol. The zero-order chi connectivity index (χ0) is 12.3. The summed E-state index contributed by atoms with van der Waals surface area (Å²) < 4.78 is 0. The van der Waals surface area contributed by atoms with Crippen molar-refractivity contribution in [1.29, 1.82) is 0 Å². The molecule has 0 aliphatic heterocycles. The number of nitrogens with zero attached hydrogens (tertiary/aromatic N) is 1. The molecule has 16 heavy (non-hydrogen) atoms. The number of carbonyl (C=O) groups excluding carboxylic acids is 1. The molecule has 0 radical (unpaired) electrons. The molecule has 3 atom stereocenters. The zero-order valence-corrected chi connectivity index (χ0v) is 11.3. The summed E-state index contributed by atoms with van der Waals surface area (Å²) in [7, 11) is 3.66. The number of hydrogen-bond acceptors (Lipinski definition) is 2. The first-order valence-corrected chi connectivity index (χ1v) is 6.40. The first kappa shape index (κ1) is 13.5. The fraction of sp³-hybridized carbons (Fsp3) is 0.923. The van der Waals surface area contributed by atoms with Crippen LogP contribution >= 0.6 is 0 Å². The zero-order valence-electron chi connectivity index (χ0n) is 11.3. The molecule has 0 aromatic rings. The van der Waals surface area contributed by atoms with E-state index in [-0.39, 0.29) is 11.9 Å². The van der Waals surface area contributed by atoms with Gasteiger partial charge >= 0.3 is 0 Å². The van der Waals surface area contributed by atoms with Crippen LogP contribution in [0.15, 0.2) is 0 Å². The Bertz CT molecular complexity index is 238. The van der Waals surface area contributed by atoms with Crippen LogP contribution in [0.3, 0.4) is 0 Å². The first-order chi connectivity index (χ1) is 7.43. The predicted octanol–water partition coefficient (Wildman–Crippen LogP) is 1.88. The molecule has 0 saturated heterocycles. The molecule has 1 saturated carbocycles. The Balaban J connectivity index is 2.61. The van der Waals surface area contributed by atoms with Gasteiger partial charge in [-0.05, 0) is 24.7 Å². The van der Waals surface area contributed by atoms with E-state index in [4.69, 9.17) is 0 Å². The minimum Gasteiger partial charge on any atom is -0.347 e. The molecule has 0 bridgehead atoms. The summed E-state index contributed by atoms with van der Waals surface area (Å²) >= 11 is 0. The van der Waals surface area contributed by atoms with Crippen LogP contribution in [0, 0.1) is 11.8 Å². The smallest absolute Gasteiger partial charge is 0.239 e. The summed E-state index contributed by atoms with van der Waals surface area (Å²) in [6.45, 7) is 6.50. The summed E-state index contributed by atoms with van der Waals surface area (Å²) in [5.41, 5.74) is 0. The van der Waals surface area contributed by atoms with Crippen molar-refractivity contribution >= 4 is 5.91 Å². The normalized spacial score (nSPS) is 27.1. The maximum atomic E-state index is 12.0. The number of hydrogen-bond donors (Lipinski definition) is 1. The van der Waals surface area contributed by atoms with E-state index in [2.05, 4.69) is 26.1 Å². The van der Waals surface area contributed by atoms with Gasteiger partial charge in [0.1, 0.15) is 0 Å². The second kappa shape index (κ2) is 5.67. The van der Waals surface area contributed by atoms with Gasteiger partial charge in [-0.1, -0.05) is 27.2 Å². The molecule has 1 aliphatic rings. The number of nitrogens with one attached hydrogen (secondary N) is 1. The highest BCUT2D eigenvalue weighted by Crippen LogP contribution is 2.26. The van der Waals surface area contributed by atoms with E-state index < -0.39 is 0 Å². The summed E-state index contributed by atoms with van der Waals surface area (Å²) in [6.07, 6.45) is 3.80. The molecular formula is C13H26N2O. The molecule has 1 aliphatic carbocycles. The van der Waals surface area contributed by atoms with Crippen molar-refractivity contribution in [3.05, 3.63) is 0 Å². The second-order valence-corrected chi connectivity index (χ2v) is 5.64. The topological polar surface area (TPSA) is 32.3 Å². The second-order valence-electron chi connectivity index (χ2n) is 5.64. The van der Waals surface area contributed by atoms with E-state index in [0.717, 1.165) is 0 Å². The van der Waals surface area contributed by atoms with Gasteiger partial charge in [-0.25, -0.2) is 0 Å². The van der Waals surface area contributed by atoms with Crippen molar-refractivity contribution in [3.8, 4) is 0 Å². The van der Waals surface area contributed by atoms with Gasteiger partial charge in [0.25, 0.3) is 0 Å². The Hall–Kier alpha value is -0.570. The summed E-state index contributed by atoms with van der Waals surface area (Å²) in [5.74, 6) is 1.26. The van der Waals surface area contributed by atoms with E-state index in [0.29, 0.717) is 17.9 Å². The molecule has 1 rings (SSSR count). The molecule has 1 N–H and O–H groups in total. The van der Waals surface area contributed by atoms with E-state index >= 15 is 0 Å². The molecule has 0 spiro atoms. The number of carbonyl (C=O) groups is 1. The molecule has 0 aromatic carbocycles. The van der Waals surface area contributed by atoms with E-state index in [1.165, 1.54) is 19.3 Å². The van der Waals surface area contributed by atoms with Crippen LogP contribution in [0.2, 0.25) is 0 Å². The van der Waals surface area contributed by atoms with Gasteiger partial charge in [-0.15, -0.1) is 0 Å². The van der Waals surface area contributed by atoms with Crippen molar-refractivity contribution < 1.29 is 4.79 Å². The van der Waals surface area contributed by atoms with Crippen molar-refractivity contribution in [3.63, 3.8) is 0 Å². The minimum absolute atomic E-state index is 0.0273. The van der Waals surface area contributed by atoms with E-state index in [1.807, 2.05) is 14.1 Å². The molecule has 3 unspecified atom stereocenters. The average Bonchev–Trinajstić information content (AvgIpc) is 2.59. The Kier molecular flexibility index (Phi) is 4.78. The van der Waals surface area contributed by atoms with Crippen molar-refractivity contribution in [2.45, 2.75) is 52.1 Å². The van der Waals surface area contributed by atoms with Crippen LogP contribution in [-0.4, -0.2) is 37.0 Å². The lowest BCUT2D eigenvalue weighted by Crippen LogP contribution is -2.51. The van der Waals surface area contributed by atoms with Gasteiger partial charge < -0.3 is 10.2 Å². The molecule has 3 heteroatoms. The third-order valence-electron chi connectivity index (χ3n) is 3.63. The van der Waals surface area contributed by atoms with Gasteiger partial charge in [-0.3, -0.25) is 4.79 Å². The summed E-state index contributed by atoms with van der Waals surface area (Å²) in [5, 5.41) is 3.56. The van der Waals surface area contributed by atoms with Crippen molar-refractivity contribution in [1.82, 2.24) is 10.2 Å². The summed E-state index contributed by atoms with van der Waals surface area (Å²) in [6, 6.07) is 0.497. The number of amides is 1. The van der Waals surface area contributed by atoms with Gasteiger partial charge in [0.05, 0.1) is 6.04 Å². The maximum Gasteiger partial charge on any atom is 0.239 e. The highest BCUT2D eigenvalue weighted by Gasteiger charge is 2.30. The minimum atomic E-state index is -0.0273. The summed E-state index contributed by atoms with van der Waals surface area (Å²) in [4.78, 5) is 13.7. The molecule has 0 heterocycles. The molecule has 0 aromatic heterocycles. The fourth-order valence-corrected chi connectivity index (χ4v) is 2.45. The number of rotatable bonds is 4. The highest BCUT2D eigenvalue weighted by molar-refractivity contribution is 5.81. The van der Waals surface area contributed by atoms with Crippen molar-refractivity contribution in [2.24, 2.45) is 11.8 Å². The van der Waals surface area contributed by atoms with Crippen LogP contribution < -0.4 is 5.32 Å². The lowest BCUT2D eigenvalue weighted by molar-refractivity contribution is -0.132. The first-order valence-electron chi connectivity index (χ1n) is 6.40. The van der Waals surface area contributed by atoms with E-state index in [1.54, 1.807) is 4.90 Å². The predicted molar refractivity (Wildman–Crippen MR) is 67.3 cm³/mol. The lowest BCUT2D eigenvalue weighted by Gasteiger charge is -2.29. The van der Waals surface area contributed by atoms with Crippen LogP contribution in [0.25, 0.3) is 0 Å². The standard InChI is InChI=1S/C13H26N2O/c1-9(2)12(13(16)15(4)5)14-11-8-6-7-10(11)3/h9-12,14H,6-8H2,1-5H3. The number of likely N-dealkylation sites (N-methyl/N-ethyl adjacent to an activating group) is 1. The Morgan fingerprint density at radius 3 is 2.31 bits per heavy atom. The highest BCUT2D eigenvalue weighted by atomic mass is 16.2. The van der Waals surface area contributed by atoms with Crippen LogP contribution in [0.5, 0.6) is 0 Å². The SMILES string of the molecule is CC(C)C(NC1CCCC1C)C(=O)N(C)C. The van der Waals surface area contributed by atoms with Crippen molar-refractivity contribution in [2.75, 3.05) is 14.1 Å². The molecule has 1 fully saturated rings. The Morgan fingerprint density at radius 1 is 1.31 bits per heavy atom. The Morgan fingerprint density at radius 2 is 1.94 bits per heavy atom. The third kappa shape index (κ3) is 3.21. The van der Waals surface area contributed by atoms with Crippen LogP contribution in [-0.2, 0) is 4.79 Å². The maximum absolute atomic E-state index is 12.0. The van der Waals surface area contributed by atoms with E-state index in [9.17, 15) is 4.79 Å².